The molecule has 0 amide bonds. The average molecular weight is 316 g/mol. The fraction of sp³-hybridized carbons (Fsp3) is 0.333. The molecule has 2 unspecified atom stereocenters. The maximum Gasteiger partial charge on any atom is 0.0419 e. The number of hydrogen-bond acceptors (Lipinski definition) is 3. The summed E-state index contributed by atoms with van der Waals surface area (Å²) in [6.45, 7) is 2.26. The Labute approximate surface area is 135 Å². The van der Waals surface area contributed by atoms with Crippen molar-refractivity contribution in [2.75, 3.05) is 12.0 Å². The molecule has 2 atom stereocenters. The second-order valence-electron chi connectivity index (χ2n) is 5.43. The molecule has 0 fully saturated rings. The molecule has 1 heterocycles. The summed E-state index contributed by atoms with van der Waals surface area (Å²) in [5.74, 6) is 2.30. The van der Waals surface area contributed by atoms with Gasteiger partial charge >= 0.3 is 0 Å². The van der Waals surface area contributed by atoms with Crippen LogP contribution in [0.25, 0.3) is 0 Å². The van der Waals surface area contributed by atoms with Crippen LogP contribution in [0, 0.1) is 0 Å². The van der Waals surface area contributed by atoms with E-state index in [1.165, 1.54) is 21.6 Å². The van der Waals surface area contributed by atoms with Gasteiger partial charge in [-0.05, 0) is 42.0 Å². The lowest BCUT2D eigenvalue weighted by molar-refractivity contribution is 0.495. The predicted molar refractivity (Wildman–Crippen MR) is 95.1 cm³/mol. The number of nitrogens with one attached hydrogen (secondary N) is 1. The van der Waals surface area contributed by atoms with Crippen LogP contribution in [0.3, 0.4) is 0 Å². The highest BCUT2D eigenvalue weighted by Gasteiger charge is 2.21. The van der Waals surface area contributed by atoms with Crippen LogP contribution >= 0.6 is 23.5 Å². The van der Waals surface area contributed by atoms with Crippen LogP contribution in [-0.4, -0.2) is 12.0 Å². The van der Waals surface area contributed by atoms with Gasteiger partial charge in [0.1, 0.15) is 0 Å². The largest absolute Gasteiger partial charge is 0.303 e. The van der Waals surface area contributed by atoms with Crippen molar-refractivity contribution < 1.29 is 0 Å². The number of hydrogen-bond donors (Lipinski definition) is 1. The number of rotatable bonds is 4. The van der Waals surface area contributed by atoms with Gasteiger partial charge in [-0.3, -0.25) is 0 Å². The fourth-order valence-electron chi connectivity index (χ4n) is 2.81. The third-order valence-corrected chi connectivity index (χ3v) is 5.87. The average Bonchev–Trinajstić information content (AvgIpc) is 2.55. The summed E-state index contributed by atoms with van der Waals surface area (Å²) in [6.07, 6.45) is 2.12. The van der Waals surface area contributed by atoms with Crippen LogP contribution in [0.4, 0.5) is 0 Å². The first-order chi connectivity index (χ1) is 10.3. The van der Waals surface area contributed by atoms with Gasteiger partial charge in [0.25, 0.3) is 0 Å². The van der Waals surface area contributed by atoms with Crippen molar-refractivity contribution in [2.45, 2.75) is 29.7 Å². The van der Waals surface area contributed by atoms with E-state index in [0.717, 1.165) is 11.5 Å². The third-order valence-electron chi connectivity index (χ3n) is 4.04. The zero-order valence-corrected chi connectivity index (χ0v) is 14.1. The maximum absolute atomic E-state index is 3.80. The van der Waals surface area contributed by atoms with E-state index >= 15 is 0 Å². The second-order valence-corrected chi connectivity index (χ2v) is 7.34. The van der Waals surface area contributed by atoms with Gasteiger partial charge in [-0.25, -0.2) is 0 Å². The first-order valence-electron chi connectivity index (χ1n) is 7.33. The lowest BCUT2D eigenvalue weighted by Gasteiger charge is -2.29. The summed E-state index contributed by atoms with van der Waals surface area (Å²) in [4.78, 5) is 1.32. The highest BCUT2D eigenvalue weighted by molar-refractivity contribution is 7.98. The molecule has 0 saturated carbocycles. The van der Waals surface area contributed by atoms with Crippen LogP contribution in [0.5, 0.6) is 0 Å². The van der Waals surface area contributed by atoms with Crippen molar-refractivity contribution in [3.63, 3.8) is 0 Å². The first kappa shape index (κ1) is 15.0. The summed E-state index contributed by atoms with van der Waals surface area (Å²) in [5, 5.41) is 3.80. The molecule has 1 aliphatic heterocycles. The summed E-state index contributed by atoms with van der Waals surface area (Å²) in [6, 6.07) is 18.6. The van der Waals surface area contributed by atoms with Crippen molar-refractivity contribution >= 4 is 23.5 Å². The van der Waals surface area contributed by atoms with E-state index in [0.29, 0.717) is 12.1 Å². The quantitative estimate of drug-likeness (QED) is 0.793. The Bertz CT molecular complexity index is 594. The molecule has 0 spiro atoms. The van der Waals surface area contributed by atoms with E-state index in [-0.39, 0.29) is 0 Å². The van der Waals surface area contributed by atoms with Crippen molar-refractivity contribution in [2.24, 2.45) is 0 Å². The number of thioether (sulfide) groups is 2. The highest BCUT2D eigenvalue weighted by Crippen LogP contribution is 2.33. The molecule has 110 valence electrons. The molecule has 0 radical (unpaired) electrons. The molecule has 1 aliphatic rings. The fourth-order valence-corrected chi connectivity index (χ4v) is 4.33. The minimum absolute atomic E-state index is 0.373. The normalized spacial score (nSPS) is 19.0. The van der Waals surface area contributed by atoms with Gasteiger partial charge in [-0.1, -0.05) is 36.4 Å². The Balaban J connectivity index is 1.74. The molecule has 0 aliphatic carbocycles. The molecule has 0 bridgehead atoms. The molecule has 3 rings (SSSR count). The van der Waals surface area contributed by atoms with Crippen LogP contribution in [0.1, 0.15) is 35.7 Å². The SMILES string of the molecule is CSc1ccc(C(C)NC2CSCc3ccccc32)cc1. The molecule has 2 aromatic carbocycles. The minimum atomic E-state index is 0.373. The maximum atomic E-state index is 3.80. The molecule has 2 aromatic rings. The van der Waals surface area contributed by atoms with Gasteiger partial charge < -0.3 is 5.32 Å². The number of benzene rings is 2. The third kappa shape index (κ3) is 3.47. The second kappa shape index (κ2) is 6.91. The lowest BCUT2D eigenvalue weighted by Crippen LogP contribution is -2.29. The Morgan fingerprint density at radius 3 is 2.67 bits per heavy atom. The van der Waals surface area contributed by atoms with Crippen LogP contribution in [0.2, 0.25) is 0 Å². The standard InChI is InChI=1S/C18H21NS2/c1-13(14-7-9-16(20-2)10-8-14)19-18-12-21-11-15-5-3-4-6-17(15)18/h3-10,13,18-19H,11-12H2,1-2H3. The van der Waals surface area contributed by atoms with Crippen molar-refractivity contribution in [1.82, 2.24) is 5.32 Å². The van der Waals surface area contributed by atoms with Gasteiger partial charge in [0, 0.05) is 28.5 Å². The van der Waals surface area contributed by atoms with Gasteiger partial charge in [-0.2, -0.15) is 11.8 Å². The molecule has 1 N–H and O–H groups in total. The highest BCUT2D eigenvalue weighted by atomic mass is 32.2. The van der Waals surface area contributed by atoms with E-state index in [1.54, 1.807) is 11.8 Å². The summed E-state index contributed by atoms with van der Waals surface area (Å²) in [7, 11) is 0. The van der Waals surface area contributed by atoms with Gasteiger partial charge in [0.2, 0.25) is 0 Å². The number of fused-ring (bicyclic) bond motifs is 1. The van der Waals surface area contributed by atoms with E-state index in [2.05, 4.69) is 67.0 Å². The van der Waals surface area contributed by atoms with Crippen molar-refractivity contribution in [1.29, 1.82) is 0 Å². The van der Waals surface area contributed by atoms with Gasteiger partial charge in [0.15, 0.2) is 0 Å². The monoisotopic (exact) mass is 315 g/mol. The Morgan fingerprint density at radius 2 is 1.90 bits per heavy atom. The Kier molecular flexibility index (Phi) is 4.94. The van der Waals surface area contributed by atoms with Crippen molar-refractivity contribution in [3.8, 4) is 0 Å². The summed E-state index contributed by atoms with van der Waals surface area (Å²) in [5.41, 5.74) is 4.32. The van der Waals surface area contributed by atoms with Crippen LogP contribution in [-0.2, 0) is 5.75 Å². The molecule has 3 heteroatoms. The smallest absolute Gasteiger partial charge is 0.0419 e. The lowest BCUT2D eigenvalue weighted by atomic mass is 10.00. The van der Waals surface area contributed by atoms with Crippen LogP contribution < -0.4 is 5.32 Å². The molecule has 0 saturated heterocycles. The van der Waals surface area contributed by atoms with Crippen LogP contribution in [0.15, 0.2) is 53.4 Å². The molecule has 0 aromatic heterocycles. The van der Waals surface area contributed by atoms with E-state index in [1.807, 2.05) is 11.8 Å². The van der Waals surface area contributed by atoms with Gasteiger partial charge in [0.05, 0.1) is 0 Å². The van der Waals surface area contributed by atoms with E-state index < -0.39 is 0 Å². The minimum Gasteiger partial charge on any atom is -0.303 e. The zero-order valence-electron chi connectivity index (χ0n) is 12.5. The molecular weight excluding hydrogens is 294 g/mol. The Morgan fingerprint density at radius 1 is 1.14 bits per heavy atom. The Hall–Kier alpha value is -0.900. The zero-order chi connectivity index (χ0) is 14.7. The molecule has 21 heavy (non-hydrogen) atoms. The summed E-state index contributed by atoms with van der Waals surface area (Å²) >= 11 is 3.81. The molecule has 1 nitrogen and oxygen atoms in total. The van der Waals surface area contributed by atoms with E-state index in [9.17, 15) is 0 Å². The summed E-state index contributed by atoms with van der Waals surface area (Å²) < 4.78 is 0. The predicted octanol–water partition coefficient (Wildman–Crippen LogP) is 5.05. The topological polar surface area (TPSA) is 12.0 Å². The van der Waals surface area contributed by atoms with E-state index in [4.69, 9.17) is 0 Å². The first-order valence-corrected chi connectivity index (χ1v) is 9.71. The molecular formula is C18H21NS2. The van der Waals surface area contributed by atoms with Crippen molar-refractivity contribution in [3.05, 3.63) is 65.2 Å². The van der Waals surface area contributed by atoms with Gasteiger partial charge in [-0.15, -0.1) is 11.8 Å².